The lowest BCUT2D eigenvalue weighted by Gasteiger charge is -2.13. The molecule has 3 nitrogen and oxygen atoms in total. The summed E-state index contributed by atoms with van der Waals surface area (Å²) in [5, 5.41) is 0. The van der Waals surface area contributed by atoms with Crippen LogP contribution in [-0.2, 0) is 20.9 Å². The van der Waals surface area contributed by atoms with E-state index >= 15 is 0 Å². The Labute approximate surface area is 111 Å². The van der Waals surface area contributed by atoms with Crippen molar-refractivity contribution in [1.82, 2.24) is 0 Å². The predicted molar refractivity (Wildman–Crippen MR) is 68.7 cm³/mol. The van der Waals surface area contributed by atoms with Crippen LogP contribution in [0.3, 0.4) is 0 Å². The highest BCUT2D eigenvalue weighted by Crippen LogP contribution is 2.27. The number of halogens is 1. The molecule has 100 valence electrons. The van der Waals surface area contributed by atoms with Crippen LogP contribution in [0.2, 0.25) is 0 Å². The van der Waals surface area contributed by atoms with E-state index in [2.05, 4.69) is 0 Å². The molecule has 0 N–H and O–H groups in total. The summed E-state index contributed by atoms with van der Waals surface area (Å²) in [5.74, 6) is -0.543. The molecule has 0 aliphatic heterocycles. The lowest BCUT2D eigenvalue weighted by Crippen LogP contribution is -2.05. The van der Waals surface area contributed by atoms with Gasteiger partial charge in [-0.2, -0.15) is 0 Å². The van der Waals surface area contributed by atoms with Gasteiger partial charge in [-0.1, -0.05) is 18.2 Å². The van der Waals surface area contributed by atoms with Crippen LogP contribution >= 0.6 is 0 Å². The first kappa shape index (κ1) is 13.5. The zero-order valence-corrected chi connectivity index (χ0v) is 10.7. The maximum Gasteiger partial charge on any atom is 0.302 e. The summed E-state index contributed by atoms with van der Waals surface area (Å²) < 4.78 is 18.8. The quantitative estimate of drug-likeness (QED) is 0.786. The van der Waals surface area contributed by atoms with Crippen LogP contribution in [0.5, 0.6) is 0 Å². The zero-order valence-electron chi connectivity index (χ0n) is 10.7. The van der Waals surface area contributed by atoms with E-state index in [-0.39, 0.29) is 18.2 Å². The van der Waals surface area contributed by atoms with Crippen molar-refractivity contribution in [2.24, 2.45) is 0 Å². The van der Waals surface area contributed by atoms with Crippen LogP contribution in [0.25, 0.3) is 5.57 Å². The molecule has 0 heterocycles. The van der Waals surface area contributed by atoms with Gasteiger partial charge in [-0.15, -0.1) is 0 Å². The Kier molecular flexibility index (Phi) is 4.10. The van der Waals surface area contributed by atoms with Gasteiger partial charge in [0.1, 0.15) is 18.2 Å². The van der Waals surface area contributed by atoms with E-state index in [0.29, 0.717) is 30.4 Å². The predicted octanol–water partition coefficient (Wildman–Crippen LogP) is 3.03. The lowest BCUT2D eigenvalue weighted by molar-refractivity contribution is -0.142. The third-order valence-corrected chi connectivity index (χ3v) is 3.07. The lowest BCUT2D eigenvalue weighted by atomic mass is 9.92. The number of ether oxygens (including phenoxy) is 1. The highest BCUT2D eigenvalue weighted by molar-refractivity contribution is 5.87. The number of hydrogen-bond donors (Lipinski definition) is 0. The molecule has 0 atom stereocenters. The van der Waals surface area contributed by atoms with Crippen molar-refractivity contribution in [1.29, 1.82) is 0 Å². The van der Waals surface area contributed by atoms with Gasteiger partial charge >= 0.3 is 5.97 Å². The number of Topliss-reactive ketones (excluding diaryl/α,β-unsaturated/α-hetero) is 1. The van der Waals surface area contributed by atoms with E-state index in [1.807, 2.05) is 0 Å². The summed E-state index contributed by atoms with van der Waals surface area (Å²) in [6.07, 6.45) is 3.22. The van der Waals surface area contributed by atoms with Crippen LogP contribution in [0.4, 0.5) is 4.39 Å². The molecule has 0 aromatic heterocycles. The maximum absolute atomic E-state index is 14.0. The van der Waals surface area contributed by atoms with Crippen molar-refractivity contribution in [3.8, 4) is 0 Å². The standard InChI is InChI=1S/C15H15FO3/c1-10(17)19-9-11-2-7-14(15(16)8-11)12-3-5-13(18)6-4-12/h2-3,7-8H,4-6,9H2,1H3. The summed E-state index contributed by atoms with van der Waals surface area (Å²) in [5.41, 5.74) is 2.01. The number of carbonyl (C=O) groups excluding carboxylic acids is 2. The fourth-order valence-corrected chi connectivity index (χ4v) is 2.05. The van der Waals surface area contributed by atoms with Gasteiger partial charge in [-0.05, 0) is 23.6 Å². The molecule has 0 saturated heterocycles. The van der Waals surface area contributed by atoms with E-state index in [4.69, 9.17) is 4.74 Å². The molecular formula is C15H15FO3. The molecule has 2 rings (SSSR count). The van der Waals surface area contributed by atoms with Crippen molar-refractivity contribution >= 4 is 17.3 Å². The molecule has 1 aromatic carbocycles. The Balaban J connectivity index is 2.15. The van der Waals surface area contributed by atoms with Gasteiger partial charge in [0.05, 0.1) is 0 Å². The SMILES string of the molecule is CC(=O)OCc1ccc(C2=CCC(=O)CC2)c(F)c1. The van der Waals surface area contributed by atoms with Gasteiger partial charge < -0.3 is 4.74 Å². The maximum atomic E-state index is 14.0. The number of rotatable bonds is 3. The molecule has 1 aromatic rings. The molecule has 0 radical (unpaired) electrons. The summed E-state index contributed by atoms with van der Waals surface area (Å²) in [4.78, 5) is 21.8. The number of esters is 1. The second kappa shape index (κ2) is 5.78. The molecule has 0 amide bonds. The van der Waals surface area contributed by atoms with Crippen molar-refractivity contribution in [2.75, 3.05) is 0 Å². The van der Waals surface area contributed by atoms with Crippen LogP contribution in [0.1, 0.15) is 37.3 Å². The van der Waals surface area contributed by atoms with E-state index in [0.717, 1.165) is 5.57 Å². The first-order valence-electron chi connectivity index (χ1n) is 6.19. The topological polar surface area (TPSA) is 43.4 Å². The van der Waals surface area contributed by atoms with Crippen LogP contribution in [0.15, 0.2) is 24.3 Å². The van der Waals surface area contributed by atoms with Gasteiger partial charge in [0.2, 0.25) is 0 Å². The summed E-state index contributed by atoms with van der Waals surface area (Å²) in [6, 6.07) is 4.78. The number of carbonyl (C=O) groups is 2. The summed E-state index contributed by atoms with van der Waals surface area (Å²) in [6.45, 7) is 1.39. The van der Waals surface area contributed by atoms with E-state index in [1.54, 1.807) is 18.2 Å². The average molecular weight is 262 g/mol. The fraction of sp³-hybridized carbons (Fsp3) is 0.333. The van der Waals surface area contributed by atoms with Gasteiger partial charge in [-0.3, -0.25) is 9.59 Å². The van der Waals surface area contributed by atoms with Crippen LogP contribution in [0, 0.1) is 5.82 Å². The van der Waals surface area contributed by atoms with Gasteiger partial charge in [0.15, 0.2) is 0 Å². The van der Waals surface area contributed by atoms with Crippen LogP contribution < -0.4 is 0 Å². The minimum absolute atomic E-state index is 0.0735. The highest BCUT2D eigenvalue weighted by Gasteiger charge is 2.15. The Bertz CT molecular complexity index is 546. The molecular weight excluding hydrogens is 247 g/mol. The zero-order chi connectivity index (χ0) is 13.8. The molecule has 1 aliphatic carbocycles. The molecule has 0 bridgehead atoms. The third kappa shape index (κ3) is 3.50. The largest absolute Gasteiger partial charge is 0.461 e. The molecule has 0 fully saturated rings. The van der Waals surface area contributed by atoms with Crippen molar-refractivity contribution in [2.45, 2.75) is 32.8 Å². The second-order valence-corrected chi connectivity index (χ2v) is 4.57. The normalized spacial score (nSPS) is 15.1. The Hall–Kier alpha value is -1.97. The van der Waals surface area contributed by atoms with E-state index in [9.17, 15) is 14.0 Å². The minimum Gasteiger partial charge on any atom is -0.461 e. The van der Waals surface area contributed by atoms with E-state index < -0.39 is 5.97 Å². The number of allylic oxidation sites excluding steroid dienone is 2. The first-order chi connectivity index (χ1) is 9.06. The number of ketones is 1. The molecule has 4 heteroatoms. The molecule has 1 aliphatic rings. The van der Waals surface area contributed by atoms with Crippen molar-refractivity contribution in [3.63, 3.8) is 0 Å². The number of hydrogen-bond acceptors (Lipinski definition) is 3. The smallest absolute Gasteiger partial charge is 0.302 e. The second-order valence-electron chi connectivity index (χ2n) is 4.57. The van der Waals surface area contributed by atoms with Gasteiger partial charge in [0, 0.05) is 25.3 Å². The molecule has 0 saturated carbocycles. The third-order valence-electron chi connectivity index (χ3n) is 3.07. The van der Waals surface area contributed by atoms with Crippen molar-refractivity contribution in [3.05, 3.63) is 41.2 Å². The molecule has 19 heavy (non-hydrogen) atoms. The average Bonchev–Trinajstić information content (AvgIpc) is 2.38. The van der Waals surface area contributed by atoms with E-state index in [1.165, 1.54) is 13.0 Å². The van der Waals surface area contributed by atoms with Crippen molar-refractivity contribution < 1.29 is 18.7 Å². The molecule has 0 unspecified atom stereocenters. The Morgan fingerprint density at radius 2 is 2.16 bits per heavy atom. The summed E-state index contributed by atoms with van der Waals surface area (Å²) in [7, 11) is 0. The highest BCUT2D eigenvalue weighted by atomic mass is 19.1. The Morgan fingerprint density at radius 1 is 1.37 bits per heavy atom. The summed E-state index contributed by atoms with van der Waals surface area (Å²) >= 11 is 0. The Morgan fingerprint density at radius 3 is 2.74 bits per heavy atom. The number of benzene rings is 1. The fourth-order valence-electron chi connectivity index (χ4n) is 2.05. The molecule has 0 spiro atoms. The first-order valence-corrected chi connectivity index (χ1v) is 6.19. The van der Waals surface area contributed by atoms with Gasteiger partial charge in [-0.25, -0.2) is 4.39 Å². The van der Waals surface area contributed by atoms with Crippen LogP contribution in [-0.4, -0.2) is 11.8 Å². The monoisotopic (exact) mass is 262 g/mol. The minimum atomic E-state index is -0.391. The van der Waals surface area contributed by atoms with Gasteiger partial charge in [0.25, 0.3) is 0 Å².